The van der Waals surface area contributed by atoms with Crippen LogP contribution in [-0.4, -0.2) is 61.6 Å². The Kier molecular flexibility index (Phi) is 3.68. The van der Waals surface area contributed by atoms with Crippen LogP contribution < -0.4 is 16.9 Å². The van der Waals surface area contributed by atoms with E-state index in [1.54, 1.807) is 18.2 Å². The molecule has 0 aliphatic rings. The minimum atomic E-state index is -0.382. The van der Waals surface area contributed by atoms with Gasteiger partial charge in [-0.05, 0) is 12.1 Å². The number of aromatic nitrogens is 2. The molecule has 6 heteroatoms. The van der Waals surface area contributed by atoms with Crippen molar-refractivity contribution in [2.24, 2.45) is 0 Å². The third-order valence-corrected chi connectivity index (χ3v) is 1.86. The molecule has 1 aromatic carbocycles. The molecule has 0 spiro atoms. The monoisotopic (exact) mass is 217 g/mol. The fourth-order valence-corrected chi connectivity index (χ4v) is 1.26. The normalized spacial score (nSPS) is 9.71. The molecule has 5 nitrogen and oxygen atoms in total. The van der Waals surface area contributed by atoms with Crippen LogP contribution in [0.25, 0.3) is 10.8 Å². The quantitative estimate of drug-likeness (QED) is 0.396. The van der Waals surface area contributed by atoms with E-state index in [0.717, 1.165) is 0 Å². The van der Waals surface area contributed by atoms with Gasteiger partial charge in [0.15, 0.2) is 0 Å². The number of nitrogens with one attached hydrogen (secondary N) is 2. The van der Waals surface area contributed by atoms with Gasteiger partial charge in [0.1, 0.15) is 0 Å². The molecule has 0 radical (unpaired) electrons. The fourth-order valence-electron chi connectivity index (χ4n) is 1.26. The van der Waals surface area contributed by atoms with Crippen LogP contribution in [0, 0.1) is 0 Å². The molecular weight excluding hydrogens is 209 g/mol. The topological polar surface area (TPSA) is 91.7 Å². The Hall–Kier alpha value is -0.404. The van der Waals surface area contributed by atoms with Crippen LogP contribution in [0.3, 0.4) is 0 Å². The van der Waals surface area contributed by atoms with Crippen molar-refractivity contribution in [1.29, 1.82) is 0 Å². The van der Waals surface area contributed by atoms with Gasteiger partial charge < -0.3 is 5.73 Å². The molecule has 0 bridgehead atoms. The van der Waals surface area contributed by atoms with E-state index in [0.29, 0.717) is 11.1 Å². The Balaban J connectivity index is 0.000000980. The standard InChI is InChI=1S/C8H7N3O2.K.H/c9-5-3-1-2-4-6(5)8(13)11-10-7(4)12;;/h1-3H,9H2,(H,10,12)(H,11,13);;. The van der Waals surface area contributed by atoms with Crippen LogP contribution in [-0.2, 0) is 0 Å². The van der Waals surface area contributed by atoms with Crippen molar-refractivity contribution in [2.45, 2.75) is 0 Å². The summed E-state index contributed by atoms with van der Waals surface area (Å²) in [6.07, 6.45) is 0. The number of aromatic amines is 2. The fraction of sp³-hybridized carbons (Fsp3) is 0. The summed E-state index contributed by atoms with van der Waals surface area (Å²) < 4.78 is 0. The number of rotatable bonds is 0. The first-order valence-corrected chi connectivity index (χ1v) is 3.69. The van der Waals surface area contributed by atoms with Crippen LogP contribution in [0.15, 0.2) is 27.8 Å². The van der Waals surface area contributed by atoms with E-state index >= 15 is 0 Å². The zero-order valence-electron chi connectivity index (χ0n) is 6.63. The van der Waals surface area contributed by atoms with Crippen LogP contribution in [0.2, 0.25) is 0 Å². The maximum absolute atomic E-state index is 11.2. The molecule has 0 saturated heterocycles. The summed E-state index contributed by atoms with van der Waals surface area (Å²) >= 11 is 0. The van der Waals surface area contributed by atoms with Gasteiger partial charge in [0.2, 0.25) is 0 Å². The summed E-state index contributed by atoms with van der Waals surface area (Å²) in [7, 11) is 0. The van der Waals surface area contributed by atoms with E-state index in [-0.39, 0.29) is 67.9 Å². The second kappa shape index (κ2) is 4.41. The molecule has 14 heavy (non-hydrogen) atoms. The molecule has 0 saturated carbocycles. The Labute approximate surface area is 121 Å². The molecule has 0 amide bonds. The molecule has 1 heterocycles. The van der Waals surface area contributed by atoms with Crippen molar-refractivity contribution in [2.75, 3.05) is 5.73 Å². The Morgan fingerprint density at radius 1 is 1.07 bits per heavy atom. The van der Waals surface area contributed by atoms with Gasteiger partial charge in [-0.2, -0.15) is 0 Å². The summed E-state index contributed by atoms with van der Waals surface area (Å²) in [5.41, 5.74) is 5.14. The van der Waals surface area contributed by atoms with Crippen LogP contribution >= 0.6 is 0 Å². The molecular formula is C8H8KN3O2. The average molecular weight is 217 g/mol. The van der Waals surface area contributed by atoms with E-state index in [2.05, 4.69) is 10.2 Å². The van der Waals surface area contributed by atoms with E-state index in [9.17, 15) is 9.59 Å². The Bertz CT molecular complexity index is 573. The molecule has 2 rings (SSSR count). The zero-order valence-corrected chi connectivity index (χ0v) is 6.63. The second-order valence-corrected chi connectivity index (χ2v) is 2.68. The first kappa shape index (κ1) is 11.7. The van der Waals surface area contributed by atoms with Crippen molar-refractivity contribution in [3.05, 3.63) is 38.9 Å². The average Bonchev–Trinajstić information content (AvgIpc) is 2.12. The van der Waals surface area contributed by atoms with Crippen LogP contribution in [0.1, 0.15) is 0 Å². The van der Waals surface area contributed by atoms with Gasteiger partial charge in [0.05, 0.1) is 10.8 Å². The van der Waals surface area contributed by atoms with Crippen molar-refractivity contribution >= 4 is 67.8 Å². The third-order valence-electron chi connectivity index (χ3n) is 1.86. The van der Waals surface area contributed by atoms with E-state index in [1.807, 2.05) is 0 Å². The number of hydrogen-bond donors (Lipinski definition) is 3. The summed E-state index contributed by atoms with van der Waals surface area (Å²) in [6, 6.07) is 4.77. The predicted molar refractivity (Wildman–Crippen MR) is 56.8 cm³/mol. The number of nitrogens with two attached hydrogens (primary N) is 1. The van der Waals surface area contributed by atoms with Crippen molar-refractivity contribution in [1.82, 2.24) is 10.2 Å². The molecule has 68 valence electrons. The molecule has 0 aliphatic heterocycles. The van der Waals surface area contributed by atoms with Gasteiger partial charge in [-0.25, -0.2) is 0 Å². The van der Waals surface area contributed by atoms with Crippen molar-refractivity contribution in [3.63, 3.8) is 0 Å². The number of anilines is 1. The molecule has 0 unspecified atom stereocenters. The Morgan fingerprint density at radius 3 is 2.36 bits per heavy atom. The number of benzene rings is 1. The van der Waals surface area contributed by atoms with Crippen LogP contribution in [0.5, 0.6) is 0 Å². The van der Waals surface area contributed by atoms with Gasteiger partial charge in [0.25, 0.3) is 11.1 Å². The van der Waals surface area contributed by atoms with Crippen molar-refractivity contribution < 1.29 is 0 Å². The van der Waals surface area contributed by atoms with E-state index < -0.39 is 0 Å². The first-order valence-electron chi connectivity index (χ1n) is 3.69. The molecule has 0 atom stereocenters. The number of hydrogen-bond acceptors (Lipinski definition) is 3. The van der Waals surface area contributed by atoms with Gasteiger partial charge in [0, 0.05) is 5.69 Å². The molecule has 0 aliphatic carbocycles. The number of nitrogen functional groups attached to an aromatic ring is 1. The SMILES string of the molecule is Nc1cccc2c(=O)[nH][nH]c(=O)c12.[KH]. The predicted octanol–water partition coefficient (Wildman–Crippen LogP) is -0.850. The molecule has 0 fully saturated rings. The van der Waals surface area contributed by atoms with Gasteiger partial charge in [-0.1, -0.05) is 6.07 Å². The van der Waals surface area contributed by atoms with Crippen LogP contribution in [0.4, 0.5) is 5.69 Å². The number of H-pyrrole nitrogens is 2. The van der Waals surface area contributed by atoms with E-state index in [4.69, 9.17) is 5.73 Å². The minimum absolute atomic E-state index is 0. The maximum atomic E-state index is 11.2. The summed E-state index contributed by atoms with van der Waals surface area (Å²) in [5.74, 6) is 0. The van der Waals surface area contributed by atoms with Gasteiger partial charge >= 0.3 is 51.4 Å². The van der Waals surface area contributed by atoms with Crippen molar-refractivity contribution in [3.8, 4) is 0 Å². The Morgan fingerprint density at radius 2 is 1.71 bits per heavy atom. The molecule has 2 aromatic rings. The summed E-state index contributed by atoms with van der Waals surface area (Å²) in [4.78, 5) is 22.4. The first-order chi connectivity index (χ1) is 6.20. The molecule has 1 aromatic heterocycles. The van der Waals surface area contributed by atoms with Gasteiger partial charge in [-0.15, -0.1) is 0 Å². The third kappa shape index (κ3) is 1.84. The summed E-state index contributed by atoms with van der Waals surface area (Å²) in [6.45, 7) is 0. The summed E-state index contributed by atoms with van der Waals surface area (Å²) in [5, 5.41) is 4.98. The number of fused-ring (bicyclic) bond motifs is 1. The van der Waals surface area contributed by atoms with Gasteiger partial charge in [-0.3, -0.25) is 19.8 Å². The second-order valence-electron chi connectivity index (χ2n) is 2.68. The zero-order chi connectivity index (χ0) is 9.42. The van der Waals surface area contributed by atoms with E-state index in [1.165, 1.54) is 0 Å². The molecule has 4 N–H and O–H groups in total.